The molecular weight excluding hydrogens is 328 g/mol. The van der Waals surface area contributed by atoms with Gasteiger partial charge in [0.1, 0.15) is 5.69 Å². The number of imidazole rings is 1. The van der Waals surface area contributed by atoms with Crippen molar-refractivity contribution in [3.05, 3.63) is 53.1 Å². The van der Waals surface area contributed by atoms with E-state index in [9.17, 15) is 9.59 Å². The van der Waals surface area contributed by atoms with E-state index in [0.29, 0.717) is 0 Å². The second kappa shape index (κ2) is 7.32. The molecule has 0 radical (unpaired) electrons. The number of aromatic nitrogens is 2. The monoisotopic (exact) mass is 352 g/mol. The van der Waals surface area contributed by atoms with E-state index in [1.807, 2.05) is 12.1 Å². The first-order chi connectivity index (χ1) is 12.7. The summed E-state index contributed by atoms with van der Waals surface area (Å²) in [5.74, 6) is -0.548. The number of carbonyl (C=O) groups is 2. The fraction of sp³-hybridized carbons (Fsp3) is 0.450. The Morgan fingerprint density at radius 1 is 1.00 bits per heavy atom. The molecule has 1 unspecified atom stereocenters. The van der Waals surface area contributed by atoms with Crippen LogP contribution in [-0.2, 0) is 6.42 Å². The highest BCUT2D eigenvalue weighted by molar-refractivity contribution is 6.05. The summed E-state index contributed by atoms with van der Waals surface area (Å²) in [6, 6.07) is 8.33. The van der Waals surface area contributed by atoms with Gasteiger partial charge in [0.25, 0.3) is 11.8 Å². The zero-order valence-electron chi connectivity index (χ0n) is 14.8. The van der Waals surface area contributed by atoms with E-state index in [1.165, 1.54) is 18.3 Å². The minimum absolute atomic E-state index is 0.0174. The Hall–Kier alpha value is -2.63. The molecule has 1 aromatic carbocycles. The van der Waals surface area contributed by atoms with E-state index >= 15 is 0 Å². The normalized spacial score (nSPS) is 19.8. The number of H-pyrrole nitrogens is 1. The molecule has 2 amide bonds. The smallest absolute Gasteiger partial charge is 0.272 e. The van der Waals surface area contributed by atoms with E-state index in [2.05, 4.69) is 32.7 Å². The topological polar surface area (TPSA) is 86.9 Å². The van der Waals surface area contributed by atoms with Gasteiger partial charge >= 0.3 is 0 Å². The maximum Gasteiger partial charge on any atom is 0.272 e. The molecule has 0 spiro atoms. The average molecular weight is 352 g/mol. The second-order valence-electron chi connectivity index (χ2n) is 7.20. The number of hydrogen-bond acceptors (Lipinski definition) is 3. The van der Waals surface area contributed by atoms with E-state index in [4.69, 9.17) is 0 Å². The molecule has 4 rings (SSSR count). The van der Waals surface area contributed by atoms with Crippen molar-refractivity contribution in [2.45, 2.75) is 57.0 Å². The quantitative estimate of drug-likeness (QED) is 0.791. The van der Waals surface area contributed by atoms with Gasteiger partial charge in [0.2, 0.25) is 0 Å². The maximum atomic E-state index is 12.7. The number of aryl methyl sites for hydroxylation is 1. The van der Waals surface area contributed by atoms with Gasteiger partial charge in [-0.15, -0.1) is 0 Å². The molecule has 0 saturated heterocycles. The van der Waals surface area contributed by atoms with Crippen molar-refractivity contribution in [1.82, 2.24) is 20.6 Å². The third-order valence-electron chi connectivity index (χ3n) is 5.46. The Balaban J connectivity index is 1.44. The molecule has 0 aliphatic heterocycles. The minimum Gasteiger partial charge on any atom is -0.348 e. The molecule has 1 fully saturated rings. The molecule has 2 aliphatic carbocycles. The van der Waals surface area contributed by atoms with Gasteiger partial charge in [-0.1, -0.05) is 43.5 Å². The summed E-state index contributed by atoms with van der Waals surface area (Å²) < 4.78 is 0. The first-order valence-electron chi connectivity index (χ1n) is 9.45. The van der Waals surface area contributed by atoms with Crippen LogP contribution in [0.3, 0.4) is 0 Å². The highest BCUT2D eigenvalue weighted by Gasteiger charge is 2.27. The Labute approximate surface area is 152 Å². The predicted octanol–water partition coefficient (Wildman–Crippen LogP) is 2.89. The Morgan fingerprint density at radius 3 is 2.65 bits per heavy atom. The van der Waals surface area contributed by atoms with Crippen molar-refractivity contribution in [1.29, 1.82) is 0 Å². The zero-order valence-corrected chi connectivity index (χ0v) is 14.8. The molecule has 1 saturated carbocycles. The summed E-state index contributed by atoms with van der Waals surface area (Å²) in [6.45, 7) is 0. The lowest BCUT2D eigenvalue weighted by atomic mass is 9.95. The number of nitrogens with one attached hydrogen (secondary N) is 3. The highest BCUT2D eigenvalue weighted by Crippen LogP contribution is 2.30. The lowest BCUT2D eigenvalue weighted by Crippen LogP contribution is -2.38. The van der Waals surface area contributed by atoms with Gasteiger partial charge < -0.3 is 15.6 Å². The van der Waals surface area contributed by atoms with Crippen LogP contribution in [0.25, 0.3) is 0 Å². The summed E-state index contributed by atoms with van der Waals surface area (Å²) in [7, 11) is 0. The van der Waals surface area contributed by atoms with Crippen LogP contribution in [0.5, 0.6) is 0 Å². The van der Waals surface area contributed by atoms with Gasteiger partial charge in [0.05, 0.1) is 12.4 Å². The first kappa shape index (κ1) is 16.8. The van der Waals surface area contributed by atoms with Crippen molar-refractivity contribution in [3.63, 3.8) is 0 Å². The molecular formula is C20H24N4O2. The van der Waals surface area contributed by atoms with Crippen LogP contribution >= 0.6 is 0 Å². The molecule has 1 heterocycles. The van der Waals surface area contributed by atoms with Crippen LogP contribution in [0, 0.1) is 0 Å². The van der Waals surface area contributed by atoms with Crippen LogP contribution in [0.1, 0.15) is 76.7 Å². The van der Waals surface area contributed by atoms with Crippen molar-refractivity contribution in [2.24, 2.45) is 0 Å². The average Bonchev–Trinajstić information content (AvgIpc) is 3.30. The minimum atomic E-state index is -0.280. The number of fused-ring (bicyclic) bond motifs is 1. The van der Waals surface area contributed by atoms with Crippen LogP contribution in [0.4, 0.5) is 0 Å². The molecule has 3 N–H and O–H groups in total. The number of rotatable bonds is 4. The van der Waals surface area contributed by atoms with E-state index in [-0.39, 0.29) is 35.3 Å². The van der Waals surface area contributed by atoms with E-state index in [1.54, 1.807) is 0 Å². The largest absolute Gasteiger partial charge is 0.348 e. The van der Waals surface area contributed by atoms with Gasteiger partial charge in [-0.3, -0.25) is 9.59 Å². The summed E-state index contributed by atoms with van der Waals surface area (Å²) in [6.07, 6.45) is 8.74. The van der Waals surface area contributed by atoms with Gasteiger partial charge in [0, 0.05) is 6.04 Å². The van der Waals surface area contributed by atoms with Gasteiger partial charge in [-0.05, 0) is 36.8 Å². The Bertz CT molecular complexity index is 808. The zero-order chi connectivity index (χ0) is 17.9. The highest BCUT2D eigenvalue weighted by atomic mass is 16.2. The summed E-state index contributed by atoms with van der Waals surface area (Å²) in [5, 5.41) is 6.07. The standard InChI is InChI=1S/C20H24N4O2/c25-19(23-14-7-2-1-3-8-14)17-18(22-12-21-17)20(26)24-16-11-10-13-6-4-5-9-15(13)16/h4-6,9,12,14,16H,1-3,7-8,10-11H2,(H,21,22)(H,23,25)(H,24,26). The van der Waals surface area contributed by atoms with Crippen molar-refractivity contribution < 1.29 is 9.59 Å². The van der Waals surface area contributed by atoms with Gasteiger partial charge in [0.15, 0.2) is 5.69 Å². The van der Waals surface area contributed by atoms with Crippen molar-refractivity contribution in [3.8, 4) is 0 Å². The van der Waals surface area contributed by atoms with Crippen LogP contribution < -0.4 is 10.6 Å². The number of carbonyl (C=O) groups excluding carboxylic acids is 2. The molecule has 136 valence electrons. The van der Waals surface area contributed by atoms with Gasteiger partial charge in [-0.25, -0.2) is 4.98 Å². The number of nitrogens with zero attached hydrogens (tertiary/aromatic N) is 1. The number of aromatic amines is 1. The second-order valence-corrected chi connectivity index (χ2v) is 7.20. The molecule has 6 heteroatoms. The SMILES string of the molecule is O=C(NC1CCCCC1)c1nc[nH]c1C(=O)NC1CCc2ccccc21. The van der Waals surface area contributed by atoms with Crippen molar-refractivity contribution in [2.75, 3.05) is 0 Å². The van der Waals surface area contributed by atoms with Crippen LogP contribution in [-0.4, -0.2) is 27.8 Å². The van der Waals surface area contributed by atoms with E-state index < -0.39 is 0 Å². The third-order valence-corrected chi connectivity index (χ3v) is 5.46. The fourth-order valence-corrected chi connectivity index (χ4v) is 4.08. The molecule has 0 bridgehead atoms. The number of hydrogen-bond donors (Lipinski definition) is 3. The van der Waals surface area contributed by atoms with E-state index in [0.717, 1.165) is 44.1 Å². The molecule has 1 atom stereocenters. The summed E-state index contributed by atoms with van der Waals surface area (Å²) in [4.78, 5) is 32.2. The fourth-order valence-electron chi connectivity index (χ4n) is 4.08. The Morgan fingerprint density at radius 2 is 1.81 bits per heavy atom. The molecule has 2 aromatic rings. The molecule has 6 nitrogen and oxygen atoms in total. The summed E-state index contributed by atoms with van der Waals surface area (Å²) >= 11 is 0. The Kier molecular flexibility index (Phi) is 4.73. The lowest BCUT2D eigenvalue weighted by molar-refractivity contribution is 0.0891. The maximum absolute atomic E-state index is 12.7. The number of amides is 2. The van der Waals surface area contributed by atoms with Crippen molar-refractivity contribution >= 4 is 11.8 Å². The number of benzene rings is 1. The van der Waals surface area contributed by atoms with Crippen LogP contribution in [0.15, 0.2) is 30.6 Å². The molecule has 1 aromatic heterocycles. The third kappa shape index (κ3) is 3.36. The molecule has 2 aliphatic rings. The van der Waals surface area contributed by atoms with Gasteiger partial charge in [-0.2, -0.15) is 0 Å². The lowest BCUT2D eigenvalue weighted by Gasteiger charge is -2.22. The molecule has 26 heavy (non-hydrogen) atoms. The first-order valence-corrected chi connectivity index (χ1v) is 9.45. The summed E-state index contributed by atoms with van der Waals surface area (Å²) in [5.41, 5.74) is 2.85. The van der Waals surface area contributed by atoms with Crippen LogP contribution in [0.2, 0.25) is 0 Å². The predicted molar refractivity (Wildman–Crippen MR) is 97.9 cm³/mol.